The molecule has 4 aliphatic rings. The highest BCUT2D eigenvalue weighted by molar-refractivity contribution is 5.36. The Balaban J connectivity index is 1.37. The fraction of sp³-hybridized carbons (Fsp3) is 0.652. The number of ether oxygens (including phenoxy) is 1. The van der Waals surface area contributed by atoms with Crippen molar-refractivity contribution in [1.29, 1.82) is 0 Å². The van der Waals surface area contributed by atoms with Crippen molar-refractivity contribution >= 4 is 0 Å². The summed E-state index contributed by atoms with van der Waals surface area (Å²) in [5.41, 5.74) is 3.69. The van der Waals surface area contributed by atoms with Crippen molar-refractivity contribution in [2.45, 2.75) is 51.9 Å². The highest BCUT2D eigenvalue weighted by atomic mass is 16.5. The summed E-state index contributed by atoms with van der Waals surface area (Å²) < 4.78 is 5.58. The molecule has 5 rings (SSSR count). The number of allylic oxidation sites excluding steroid dienone is 1. The lowest BCUT2D eigenvalue weighted by atomic mass is 9.53. The molecule has 1 saturated heterocycles. The Bertz CT molecular complexity index is 639. The van der Waals surface area contributed by atoms with Gasteiger partial charge in [0.25, 0.3) is 0 Å². The summed E-state index contributed by atoms with van der Waals surface area (Å²) in [6.45, 7) is 8.64. The van der Waals surface area contributed by atoms with Crippen LogP contribution in [0, 0.1) is 17.3 Å². The van der Waals surface area contributed by atoms with E-state index in [1.807, 2.05) is 0 Å². The van der Waals surface area contributed by atoms with Gasteiger partial charge < -0.3 is 4.74 Å². The van der Waals surface area contributed by atoms with E-state index in [0.29, 0.717) is 11.3 Å². The average Bonchev–Trinajstić information content (AvgIpc) is 2.93. The Kier molecular flexibility index (Phi) is 4.66. The van der Waals surface area contributed by atoms with Crippen LogP contribution >= 0.6 is 0 Å². The summed E-state index contributed by atoms with van der Waals surface area (Å²) in [4.78, 5) is 2.70. The zero-order valence-electron chi connectivity index (χ0n) is 16.1. The minimum atomic E-state index is 0.540. The van der Waals surface area contributed by atoms with Gasteiger partial charge in [-0.05, 0) is 80.0 Å². The lowest BCUT2D eigenvalue weighted by Gasteiger charge is -2.53. The van der Waals surface area contributed by atoms with Crippen LogP contribution in [0.1, 0.15) is 57.4 Å². The fourth-order valence-electron chi connectivity index (χ4n) is 5.59. The van der Waals surface area contributed by atoms with Crippen LogP contribution in [0.5, 0.6) is 5.75 Å². The molecule has 0 aromatic heterocycles. The second kappa shape index (κ2) is 6.79. The molecule has 1 heterocycles. The number of nitrogens with zero attached hydrogens (tertiary/aromatic N) is 1. The van der Waals surface area contributed by atoms with Gasteiger partial charge in [-0.1, -0.05) is 43.7 Å². The molecule has 1 unspecified atom stereocenters. The second-order valence-corrected chi connectivity index (χ2v) is 8.96. The molecule has 3 aliphatic carbocycles. The van der Waals surface area contributed by atoms with Crippen LogP contribution in [0.15, 0.2) is 35.9 Å². The molecule has 1 saturated carbocycles. The van der Waals surface area contributed by atoms with Crippen molar-refractivity contribution in [3.63, 3.8) is 0 Å². The first kappa shape index (κ1) is 17.1. The molecule has 0 spiro atoms. The van der Waals surface area contributed by atoms with Gasteiger partial charge >= 0.3 is 0 Å². The van der Waals surface area contributed by atoms with Gasteiger partial charge in [-0.3, -0.25) is 4.90 Å². The third kappa shape index (κ3) is 3.14. The van der Waals surface area contributed by atoms with Crippen molar-refractivity contribution in [2.75, 3.05) is 26.7 Å². The van der Waals surface area contributed by atoms with E-state index in [0.717, 1.165) is 17.6 Å². The Morgan fingerprint density at radius 2 is 1.88 bits per heavy atom. The molecule has 2 heteroatoms. The van der Waals surface area contributed by atoms with Gasteiger partial charge in [0.05, 0.1) is 7.11 Å². The van der Waals surface area contributed by atoms with Gasteiger partial charge in [-0.25, -0.2) is 0 Å². The summed E-state index contributed by atoms with van der Waals surface area (Å²) in [5.74, 6) is 3.52. The molecular weight excluding hydrogens is 306 g/mol. The van der Waals surface area contributed by atoms with Crippen molar-refractivity contribution < 1.29 is 4.74 Å². The minimum Gasteiger partial charge on any atom is -0.496 e. The number of piperidine rings is 1. The van der Waals surface area contributed by atoms with Crippen LogP contribution < -0.4 is 4.74 Å². The van der Waals surface area contributed by atoms with Crippen molar-refractivity contribution in [1.82, 2.24) is 4.90 Å². The number of fused-ring (bicyclic) bond motifs is 2. The fourth-order valence-corrected chi connectivity index (χ4v) is 5.59. The predicted octanol–water partition coefficient (Wildman–Crippen LogP) is 5.26. The Morgan fingerprint density at radius 1 is 1.12 bits per heavy atom. The number of para-hydroxylation sites is 1. The normalized spacial score (nSPS) is 29.5. The monoisotopic (exact) mass is 339 g/mol. The van der Waals surface area contributed by atoms with Crippen LogP contribution in [0.2, 0.25) is 0 Å². The molecule has 2 bridgehead atoms. The molecule has 0 radical (unpaired) electrons. The van der Waals surface area contributed by atoms with E-state index < -0.39 is 0 Å². The zero-order chi connectivity index (χ0) is 17.4. The van der Waals surface area contributed by atoms with Crippen LogP contribution in [-0.2, 0) is 0 Å². The molecule has 1 aromatic rings. The standard InChI is InChI=1S/C23H33NO/c1-23(2)19-8-6-7-18(21(23)15-19)16-24-13-11-17(12-14-24)20-9-4-5-10-22(20)25-3/h4-5,7,9-10,17,19,21H,6,8,11-16H2,1-3H3/t19-,21?/m1/s1. The number of likely N-dealkylation sites (tertiary alicyclic amines) is 1. The molecule has 2 fully saturated rings. The number of hydrogen-bond donors (Lipinski definition) is 0. The molecular formula is C23H33NO. The predicted molar refractivity (Wildman–Crippen MR) is 104 cm³/mol. The summed E-state index contributed by atoms with van der Waals surface area (Å²) in [7, 11) is 1.79. The van der Waals surface area contributed by atoms with E-state index in [2.05, 4.69) is 49.1 Å². The first-order valence-corrected chi connectivity index (χ1v) is 10.1. The Labute approximate surface area is 153 Å². The maximum absolute atomic E-state index is 5.58. The van der Waals surface area contributed by atoms with Crippen molar-refractivity contribution in [3.8, 4) is 5.75 Å². The van der Waals surface area contributed by atoms with Gasteiger partial charge in [-0.15, -0.1) is 0 Å². The maximum Gasteiger partial charge on any atom is 0.122 e. The van der Waals surface area contributed by atoms with Crippen LogP contribution in [0.4, 0.5) is 0 Å². The summed E-state index contributed by atoms with van der Waals surface area (Å²) in [6.07, 6.45) is 9.25. The summed E-state index contributed by atoms with van der Waals surface area (Å²) >= 11 is 0. The third-order valence-corrected chi connectivity index (χ3v) is 7.41. The lowest BCUT2D eigenvalue weighted by molar-refractivity contribution is 0.000616. The minimum absolute atomic E-state index is 0.540. The molecule has 0 N–H and O–H groups in total. The number of methoxy groups -OCH3 is 1. The van der Waals surface area contributed by atoms with Gasteiger partial charge in [0.2, 0.25) is 0 Å². The van der Waals surface area contributed by atoms with E-state index in [1.165, 1.54) is 57.3 Å². The number of rotatable bonds is 4. The van der Waals surface area contributed by atoms with E-state index in [9.17, 15) is 0 Å². The lowest BCUT2D eigenvalue weighted by Crippen LogP contribution is -2.46. The summed E-state index contributed by atoms with van der Waals surface area (Å²) in [6, 6.07) is 8.58. The maximum atomic E-state index is 5.58. The van der Waals surface area contributed by atoms with E-state index >= 15 is 0 Å². The molecule has 25 heavy (non-hydrogen) atoms. The summed E-state index contributed by atoms with van der Waals surface area (Å²) in [5, 5.41) is 0. The topological polar surface area (TPSA) is 12.5 Å². The first-order chi connectivity index (χ1) is 12.1. The molecule has 0 amide bonds. The number of hydrogen-bond acceptors (Lipinski definition) is 2. The van der Waals surface area contributed by atoms with Gasteiger partial charge in [0.1, 0.15) is 5.75 Å². The Morgan fingerprint density at radius 3 is 2.60 bits per heavy atom. The molecule has 2 nitrogen and oxygen atoms in total. The quantitative estimate of drug-likeness (QED) is 0.694. The SMILES string of the molecule is COc1ccccc1C1CCN(CC2=CCC[C@@H]3CC2C3(C)C)CC1. The second-order valence-electron chi connectivity index (χ2n) is 8.96. The first-order valence-electron chi connectivity index (χ1n) is 10.1. The average molecular weight is 340 g/mol. The highest BCUT2D eigenvalue weighted by Gasteiger charge is 2.49. The smallest absolute Gasteiger partial charge is 0.122 e. The largest absolute Gasteiger partial charge is 0.496 e. The highest BCUT2D eigenvalue weighted by Crippen LogP contribution is 2.58. The van der Waals surface area contributed by atoms with Crippen molar-refractivity contribution in [3.05, 3.63) is 41.5 Å². The van der Waals surface area contributed by atoms with Crippen LogP contribution in [0.25, 0.3) is 0 Å². The third-order valence-electron chi connectivity index (χ3n) is 7.41. The van der Waals surface area contributed by atoms with Crippen LogP contribution in [-0.4, -0.2) is 31.6 Å². The van der Waals surface area contributed by atoms with Gasteiger partial charge in [0, 0.05) is 6.54 Å². The Hall–Kier alpha value is -1.28. The van der Waals surface area contributed by atoms with Gasteiger partial charge in [-0.2, -0.15) is 0 Å². The van der Waals surface area contributed by atoms with Gasteiger partial charge in [0.15, 0.2) is 0 Å². The number of benzene rings is 1. The molecule has 136 valence electrons. The molecule has 1 aromatic carbocycles. The zero-order valence-corrected chi connectivity index (χ0v) is 16.1. The van der Waals surface area contributed by atoms with E-state index in [1.54, 1.807) is 12.7 Å². The van der Waals surface area contributed by atoms with Crippen molar-refractivity contribution in [2.24, 2.45) is 17.3 Å². The van der Waals surface area contributed by atoms with E-state index in [4.69, 9.17) is 4.74 Å². The van der Waals surface area contributed by atoms with E-state index in [-0.39, 0.29) is 0 Å². The van der Waals surface area contributed by atoms with Crippen LogP contribution in [0.3, 0.4) is 0 Å². The molecule has 1 aliphatic heterocycles. The molecule has 2 atom stereocenters.